The van der Waals surface area contributed by atoms with Crippen molar-refractivity contribution in [2.75, 3.05) is 13.7 Å². The molecule has 0 radical (unpaired) electrons. The molecule has 0 saturated carbocycles. The molecule has 2 rings (SSSR count). The van der Waals surface area contributed by atoms with Crippen LogP contribution in [0.3, 0.4) is 0 Å². The Hall–Kier alpha value is -0.450. The predicted octanol–water partition coefficient (Wildman–Crippen LogP) is 2.40. The van der Waals surface area contributed by atoms with Crippen molar-refractivity contribution < 1.29 is 4.74 Å². The molecule has 3 atom stereocenters. The van der Waals surface area contributed by atoms with Crippen LogP contribution >= 0.6 is 15.9 Å². The van der Waals surface area contributed by atoms with Crippen LogP contribution < -0.4 is 5.32 Å². The fourth-order valence-corrected chi connectivity index (χ4v) is 2.73. The molecule has 1 aliphatic heterocycles. The lowest BCUT2D eigenvalue weighted by Gasteiger charge is -2.25. The Bertz CT molecular complexity index is 355. The molecule has 0 amide bonds. The van der Waals surface area contributed by atoms with E-state index < -0.39 is 0 Å². The third-order valence-corrected chi connectivity index (χ3v) is 4.01. The van der Waals surface area contributed by atoms with E-state index in [0.29, 0.717) is 18.1 Å². The van der Waals surface area contributed by atoms with Crippen molar-refractivity contribution in [2.24, 2.45) is 5.92 Å². The molecule has 0 aromatic carbocycles. The van der Waals surface area contributed by atoms with E-state index in [0.717, 1.165) is 29.6 Å². The van der Waals surface area contributed by atoms with E-state index in [9.17, 15) is 0 Å². The monoisotopic (exact) mass is 298 g/mol. The second-order valence-corrected chi connectivity index (χ2v) is 5.51. The first-order chi connectivity index (χ1) is 8.20. The van der Waals surface area contributed by atoms with Crippen molar-refractivity contribution in [2.45, 2.75) is 31.9 Å². The normalized spacial score (nSPS) is 26.1. The predicted molar refractivity (Wildman–Crippen MR) is 72.0 cm³/mol. The van der Waals surface area contributed by atoms with Gasteiger partial charge in [0.25, 0.3) is 0 Å². The summed E-state index contributed by atoms with van der Waals surface area (Å²) in [6.45, 7) is 3.05. The van der Waals surface area contributed by atoms with E-state index in [1.165, 1.54) is 0 Å². The minimum Gasteiger partial charge on any atom is -0.378 e. The number of nitrogens with zero attached hydrogens (tertiary/aromatic N) is 1. The summed E-state index contributed by atoms with van der Waals surface area (Å²) in [6.07, 6.45) is 4.31. The smallest absolute Gasteiger partial charge is 0.0590 e. The van der Waals surface area contributed by atoms with Gasteiger partial charge in [-0.25, -0.2) is 0 Å². The van der Waals surface area contributed by atoms with Gasteiger partial charge in [0.05, 0.1) is 6.10 Å². The second-order valence-electron chi connectivity index (χ2n) is 4.60. The van der Waals surface area contributed by atoms with Crippen LogP contribution in [0.5, 0.6) is 0 Å². The van der Waals surface area contributed by atoms with Crippen LogP contribution in [0.25, 0.3) is 0 Å². The molecule has 1 aromatic heterocycles. The number of aromatic nitrogens is 1. The fourth-order valence-electron chi connectivity index (χ4n) is 2.50. The molecule has 1 aliphatic rings. The standard InChI is InChI=1S/C13H19BrN2O/c1-9-12(5-6-17-9)13(15-2)7-11-4-3-10(14)8-16-11/h3-4,8-9,12-13,15H,5-7H2,1-2H3. The average molecular weight is 299 g/mol. The lowest BCUT2D eigenvalue weighted by Crippen LogP contribution is -2.38. The van der Waals surface area contributed by atoms with Gasteiger partial charge in [0.1, 0.15) is 0 Å². The molecular formula is C13H19BrN2O. The minimum absolute atomic E-state index is 0.350. The summed E-state index contributed by atoms with van der Waals surface area (Å²) in [4.78, 5) is 4.43. The summed E-state index contributed by atoms with van der Waals surface area (Å²) >= 11 is 3.41. The molecule has 17 heavy (non-hydrogen) atoms. The number of pyridine rings is 1. The number of hydrogen-bond donors (Lipinski definition) is 1. The molecule has 0 bridgehead atoms. The average Bonchev–Trinajstić information content (AvgIpc) is 2.75. The fraction of sp³-hybridized carbons (Fsp3) is 0.615. The van der Waals surface area contributed by atoms with Crippen LogP contribution in [0, 0.1) is 5.92 Å². The molecule has 1 N–H and O–H groups in total. The summed E-state index contributed by atoms with van der Waals surface area (Å²) in [7, 11) is 2.02. The van der Waals surface area contributed by atoms with Crippen molar-refractivity contribution in [3.63, 3.8) is 0 Å². The SMILES string of the molecule is CNC(Cc1ccc(Br)cn1)C1CCOC1C. The molecule has 1 fully saturated rings. The summed E-state index contributed by atoms with van der Waals surface area (Å²) in [5, 5.41) is 3.41. The molecule has 3 unspecified atom stereocenters. The van der Waals surface area contributed by atoms with E-state index in [2.05, 4.69) is 39.2 Å². The van der Waals surface area contributed by atoms with Gasteiger partial charge in [0.2, 0.25) is 0 Å². The first-order valence-corrected chi connectivity index (χ1v) is 6.89. The lowest BCUT2D eigenvalue weighted by atomic mass is 9.90. The van der Waals surface area contributed by atoms with Gasteiger partial charge >= 0.3 is 0 Å². The van der Waals surface area contributed by atoms with Gasteiger partial charge in [-0.1, -0.05) is 0 Å². The van der Waals surface area contributed by atoms with Crippen molar-refractivity contribution in [3.8, 4) is 0 Å². The van der Waals surface area contributed by atoms with Crippen LogP contribution in [0.15, 0.2) is 22.8 Å². The highest BCUT2D eigenvalue weighted by Gasteiger charge is 2.31. The van der Waals surface area contributed by atoms with Gasteiger partial charge in [-0.3, -0.25) is 4.98 Å². The van der Waals surface area contributed by atoms with Crippen LogP contribution in [0.1, 0.15) is 19.0 Å². The van der Waals surface area contributed by atoms with E-state index >= 15 is 0 Å². The molecule has 0 aliphatic carbocycles. The van der Waals surface area contributed by atoms with Crippen molar-refractivity contribution in [3.05, 3.63) is 28.5 Å². The maximum absolute atomic E-state index is 5.64. The van der Waals surface area contributed by atoms with Crippen LogP contribution in [0.2, 0.25) is 0 Å². The van der Waals surface area contributed by atoms with Crippen LogP contribution in [0.4, 0.5) is 0 Å². The van der Waals surface area contributed by atoms with Crippen LogP contribution in [-0.2, 0) is 11.2 Å². The van der Waals surface area contributed by atoms with E-state index in [4.69, 9.17) is 4.74 Å². The topological polar surface area (TPSA) is 34.2 Å². The number of likely N-dealkylation sites (N-methyl/N-ethyl adjacent to an activating group) is 1. The summed E-state index contributed by atoms with van der Waals surface area (Å²) in [6, 6.07) is 4.57. The number of ether oxygens (including phenoxy) is 1. The van der Waals surface area contributed by atoms with E-state index in [-0.39, 0.29) is 0 Å². The summed E-state index contributed by atoms with van der Waals surface area (Å²) < 4.78 is 6.66. The molecule has 3 nitrogen and oxygen atoms in total. The number of rotatable bonds is 4. The maximum Gasteiger partial charge on any atom is 0.0590 e. The van der Waals surface area contributed by atoms with Gasteiger partial charge in [-0.15, -0.1) is 0 Å². The van der Waals surface area contributed by atoms with Crippen molar-refractivity contribution >= 4 is 15.9 Å². The zero-order valence-electron chi connectivity index (χ0n) is 10.3. The highest BCUT2D eigenvalue weighted by molar-refractivity contribution is 9.10. The molecule has 1 aromatic rings. The van der Waals surface area contributed by atoms with Crippen molar-refractivity contribution in [1.29, 1.82) is 0 Å². The number of hydrogen-bond acceptors (Lipinski definition) is 3. The molecule has 4 heteroatoms. The second kappa shape index (κ2) is 5.94. The Morgan fingerprint density at radius 2 is 2.41 bits per heavy atom. The first-order valence-electron chi connectivity index (χ1n) is 6.10. The first kappa shape index (κ1) is 13.0. The van der Waals surface area contributed by atoms with E-state index in [1.807, 2.05) is 19.3 Å². The third-order valence-electron chi connectivity index (χ3n) is 3.54. The van der Waals surface area contributed by atoms with Gasteiger partial charge in [-0.2, -0.15) is 0 Å². The maximum atomic E-state index is 5.64. The quantitative estimate of drug-likeness (QED) is 0.927. The zero-order valence-corrected chi connectivity index (χ0v) is 11.9. The largest absolute Gasteiger partial charge is 0.378 e. The molecule has 94 valence electrons. The zero-order chi connectivity index (χ0) is 12.3. The molecule has 2 heterocycles. The highest BCUT2D eigenvalue weighted by atomic mass is 79.9. The van der Waals surface area contributed by atoms with Gasteiger partial charge in [0, 0.05) is 41.4 Å². The molecular weight excluding hydrogens is 280 g/mol. The Kier molecular flexibility index (Phi) is 4.54. The Morgan fingerprint density at radius 1 is 1.59 bits per heavy atom. The number of nitrogens with one attached hydrogen (secondary N) is 1. The Morgan fingerprint density at radius 3 is 2.94 bits per heavy atom. The van der Waals surface area contributed by atoms with E-state index in [1.54, 1.807) is 0 Å². The Labute approximate surface area is 111 Å². The highest BCUT2D eigenvalue weighted by Crippen LogP contribution is 2.25. The molecule has 1 saturated heterocycles. The molecule has 0 spiro atoms. The third kappa shape index (κ3) is 3.27. The van der Waals surface area contributed by atoms with Gasteiger partial charge < -0.3 is 10.1 Å². The number of halogens is 1. The summed E-state index contributed by atoms with van der Waals surface area (Å²) in [5.41, 5.74) is 1.13. The van der Waals surface area contributed by atoms with Gasteiger partial charge in [-0.05, 0) is 48.5 Å². The lowest BCUT2D eigenvalue weighted by molar-refractivity contribution is 0.0962. The van der Waals surface area contributed by atoms with Gasteiger partial charge in [0.15, 0.2) is 0 Å². The minimum atomic E-state index is 0.350. The summed E-state index contributed by atoms with van der Waals surface area (Å²) in [5.74, 6) is 0.588. The van der Waals surface area contributed by atoms with Crippen LogP contribution in [-0.4, -0.2) is 30.8 Å². The van der Waals surface area contributed by atoms with Crippen molar-refractivity contribution in [1.82, 2.24) is 10.3 Å². The Balaban J connectivity index is 2.01.